The lowest BCUT2D eigenvalue weighted by Crippen LogP contribution is -2.42. The zero-order chi connectivity index (χ0) is 23.0. The SMILES string of the molecule is COc1nc2oc3c(N(CCO)CCN4CCOCC4)ncnc3c2c2c1CCC(C)(C)C2. The summed E-state index contributed by atoms with van der Waals surface area (Å²) in [5.74, 6) is 1.34. The highest BCUT2D eigenvalue weighted by Crippen LogP contribution is 2.44. The number of nitrogens with zero attached hydrogens (tertiary/aromatic N) is 5. The normalized spacial score (nSPS) is 18.5. The van der Waals surface area contributed by atoms with Crippen LogP contribution in [0.4, 0.5) is 5.82 Å². The van der Waals surface area contributed by atoms with Crippen LogP contribution in [0, 0.1) is 5.41 Å². The molecule has 0 unspecified atom stereocenters. The third-order valence-electron chi connectivity index (χ3n) is 6.92. The number of ether oxygens (including phenoxy) is 2. The summed E-state index contributed by atoms with van der Waals surface area (Å²) in [6.45, 7) is 10.0. The lowest BCUT2D eigenvalue weighted by molar-refractivity contribution is 0.0391. The lowest BCUT2D eigenvalue weighted by Gasteiger charge is -2.31. The van der Waals surface area contributed by atoms with Crippen LogP contribution in [0.3, 0.4) is 0 Å². The molecule has 5 rings (SSSR count). The topological polar surface area (TPSA) is 97.0 Å². The molecule has 1 fully saturated rings. The molecule has 0 aromatic carbocycles. The van der Waals surface area contributed by atoms with Gasteiger partial charge in [0.05, 0.1) is 32.3 Å². The highest BCUT2D eigenvalue weighted by Gasteiger charge is 2.32. The third-order valence-corrected chi connectivity index (χ3v) is 6.92. The smallest absolute Gasteiger partial charge is 0.232 e. The van der Waals surface area contributed by atoms with Crippen molar-refractivity contribution in [3.05, 3.63) is 17.5 Å². The first-order chi connectivity index (χ1) is 16.0. The molecule has 178 valence electrons. The zero-order valence-electron chi connectivity index (χ0n) is 19.8. The maximum absolute atomic E-state index is 9.75. The largest absolute Gasteiger partial charge is 0.481 e. The van der Waals surface area contributed by atoms with E-state index in [-0.39, 0.29) is 12.0 Å². The minimum atomic E-state index is 0.0322. The number of pyridine rings is 1. The van der Waals surface area contributed by atoms with E-state index in [4.69, 9.17) is 18.9 Å². The molecule has 9 heteroatoms. The molecule has 1 aliphatic carbocycles. The molecule has 3 aromatic heterocycles. The van der Waals surface area contributed by atoms with Gasteiger partial charge in [0.15, 0.2) is 11.4 Å². The molecule has 2 aliphatic rings. The molecule has 9 nitrogen and oxygen atoms in total. The zero-order valence-corrected chi connectivity index (χ0v) is 19.8. The van der Waals surface area contributed by atoms with E-state index < -0.39 is 0 Å². The molecule has 0 amide bonds. The number of fused-ring (bicyclic) bond motifs is 5. The quantitative estimate of drug-likeness (QED) is 0.576. The Morgan fingerprint density at radius 2 is 2.00 bits per heavy atom. The van der Waals surface area contributed by atoms with Crippen LogP contribution >= 0.6 is 0 Å². The molecule has 0 radical (unpaired) electrons. The first-order valence-corrected chi connectivity index (χ1v) is 11.8. The van der Waals surface area contributed by atoms with Gasteiger partial charge in [0, 0.05) is 38.3 Å². The maximum Gasteiger partial charge on any atom is 0.232 e. The van der Waals surface area contributed by atoms with Crippen LogP contribution < -0.4 is 9.64 Å². The van der Waals surface area contributed by atoms with Gasteiger partial charge in [-0.05, 0) is 30.2 Å². The van der Waals surface area contributed by atoms with Gasteiger partial charge in [-0.1, -0.05) is 13.8 Å². The Labute approximate surface area is 193 Å². The number of aliphatic hydroxyl groups is 1. The summed E-state index contributed by atoms with van der Waals surface area (Å²) in [6, 6.07) is 0. The molecule has 4 heterocycles. The summed E-state index contributed by atoms with van der Waals surface area (Å²) in [7, 11) is 1.66. The number of morpholine rings is 1. The summed E-state index contributed by atoms with van der Waals surface area (Å²) >= 11 is 0. The van der Waals surface area contributed by atoms with E-state index in [2.05, 4.69) is 33.6 Å². The van der Waals surface area contributed by atoms with Crippen molar-refractivity contribution in [3.63, 3.8) is 0 Å². The lowest BCUT2D eigenvalue weighted by atomic mass is 9.74. The highest BCUT2D eigenvalue weighted by atomic mass is 16.5. The van der Waals surface area contributed by atoms with Crippen molar-refractivity contribution < 1.29 is 19.0 Å². The van der Waals surface area contributed by atoms with E-state index in [1.165, 1.54) is 5.56 Å². The van der Waals surface area contributed by atoms with Crippen LogP contribution in [0.1, 0.15) is 31.4 Å². The van der Waals surface area contributed by atoms with E-state index in [9.17, 15) is 5.11 Å². The molecule has 1 aliphatic heterocycles. The monoisotopic (exact) mass is 455 g/mol. The summed E-state index contributed by atoms with van der Waals surface area (Å²) in [4.78, 5) is 18.4. The van der Waals surface area contributed by atoms with Crippen molar-refractivity contribution in [2.75, 3.05) is 64.6 Å². The Morgan fingerprint density at radius 1 is 1.18 bits per heavy atom. The first-order valence-electron chi connectivity index (χ1n) is 11.8. The Bertz CT molecular complexity index is 1140. The summed E-state index contributed by atoms with van der Waals surface area (Å²) in [5.41, 5.74) is 4.51. The number of furan rings is 1. The Hall–Kier alpha value is -2.49. The number of anilines is 1. The number of aromatic nitrogens is 3. The predicted molar refractivity (Wildman–Crippen MR) is 126 cm³/mol. The van der Waals surface area contributed by atoms with Gasteiger partial charge in [-0.25, -0.2) is 9.97 Å². The van der Waals surface area contributed by atoms with E-state index >= 15 is 0 Å². The molecule has 0 spiro atoms. The van der Waals surface area contributed by atoms with Gasteiger partial charge in [0.25, 0.3) is 0 Å². The van der Waals surface area contributed by atoms with Crippen LogP contribution in [0.15, 0.2) is 10.7 Å². The molecule has 0 bridgehead atoms. The second kappa shape index (κ2) is 9.04. The van der Waals surface area contributed by atoms with E-state index in [0.717, 1.165) is 75.1 Å². The number of rotatable bonds is 7. The van der Waals surface area contributed by atoms with Crippen LogP contribution in [0.2, 0.25) is 0 Å². The fourth-order valence-corrected chi connectivity index (χ4v) is 5.08. The van der Waals surface area contributed by atoms with E-state index in [0.29, 0.717) is 29.5 Å². The molecule has 0 atom stereocenters. The average molecular weight is 456 g/mol. The van der Waals surface area contributed by atoms with Gasteiger partial charge in [0.1, 0.15) is 11.8 Å². The van der Waals surface area contributed by atoms with Crippen molar-refractivity contribution in [2.24, 2.45) is 5.41 Å². The minimum Gasteiger partial charge on any atom is -0.481 e. The second-order valence-electron chi connectivity index (χ2n) is 9.74. The van der Waals surface area contributed by atoms with Crippen LogP contribution in [0.25, 0.3) is 22.2 Å². The van der Waals surface area contributed by atoms with Gasteiger partial charge in [-0.2, -0.15) is 4.98 Å². The van der Waals surface area contributed by atoms with Crippen molar-refractivity contribution >= 4 is 28.0 Å². The van der Waals surface area contributed by atoms with E-state index in [1.807, 2.05) is 0 Å². The maximum atomic E-state index is 9.75. The van der Waals surface area contributed by atoms with Crippen LogP contribution in [-0.2, 0) is 17.6 Å². The van der Waals surface area contributed by atoms with Crippen molar-refractivity contribution in [3.8, 4) is 5.88 Å². The number of hydrogen-bond donors (Lipinski definition) is 1. The molecule has 1 N–H and O–H groups in total. The van der Waals surface area contributed by atoms with Crippen LogP contribution in [-0.4, -0.2) is 84.6 Å². The highest BCUT2D eigenvalue weighted by molar-refractivity contribution is 6.07. The number of methoxy groups -OCH3 is 1. The van der Waals surface area contributed by atoms with Gasteiger partial charge >= 0.3 is 0 Å². The van der Waals surface area contributed by atoms with Gasteiger partial charge in [0.2, 0.25) is 11.6 Å². The fraction of sp³-hybridized carbons (Fsp3) is 0.625. The molecule has 3 aromatic rings. The van der Waals surface area contributed by atoms with Gasteiger partial charge in [-0.15, -0.1) is 0 Å². The van der Waals surface area contributed by atoms with Crippen molar-refractivity contribution in [2.45, 2.75) is 33.1 Å². The van der Waals surface area contributed by atoms with Gasteiger partial charge in [-0.3, -0.25) is 4.90 Å². The summed E-state index contributed by atoms with van der Waals surface area (Å²) in [5, 5.41) is 10.7. The fourth-order valence-electron chi connectivity index (χ4n) is 5.08. The van der Waals surface area contributed by atoms with Gasteiger partial charge < -0.3 is 23.9 Å². The Kier molecular flexibility index (Phi) is 6.11. The van der Waals surface area contributed by atoms with Crippen molar-refractivity contribution in [1.82, 2.24) is 19.9 Å². The Morgan fingerprint density at radius 3 is 2.76 bits per heavy atom. The number of aliphatic hydroxyl groups excluding tert-OH is 1. The van der Waals surface area contributed by atoms with E-state index in [1.54, 1.807) is 13.4 Å². The summed E-state index contributed by atoms with van der Waals surface area (Å²) < 4.78 is 17.4. The molecule has 33 heavy (non-hydrogen) atoms. The Balaban J connectivity index is 1.58. The number of hydrogen-bond acceptors (Lipinski definition) is 9. The molecule has 1 saturated heterocycles. The van der Waals surface area contributed by atoms with Crippen molar-refractivity contribution in [1.29, 1.82) is 0 Å². The standard InChI is InChI=1S/C24H33N5O4/c1-24(2)5-4-16-17(14-24)18-19-20(33-23(18)27-22(16)31-3)21(26-15-25-19)29(8-11-30)7-6-28-9-12-32-13-10-28/h15,30H,4-14H2,1-3H3. The third kappa shape index (κ3) is 4.25. The molecular formula is C24H33N5O4. The van der Waals surface area contributed by atoms with Crippen LogP contribution in [0.5, 0.6) is 5.88 Å². The average Bonchev–Trinajstić information content (AvgIpc) is 3.20. The molecular weight excluding hydrogens is 422 g/mol. The second-order valence-corrected chi connectivity index (χ2v) is 9.74. The minimum absolute atomic E-state index is 0.0322. The molecule has 0 saturated carbocycles. The first kappa shape index (κ1) is 22.3. The summed E-state index contributed by atoms with van der Waals surface area (Å²) in [6.07, 6.45) is 4.53. The predicted octanol–water partition coefficient (Wildman–Crippen LogP) is 2.43.